The quantitative estimate of drug-likeness (QED) is 0.907. The average molecular weight is 330 g/mol. The van der Waals surface area contributed by atoms with E-state index in [0.29, 0.717) is 23.8 Å². The predicted octanol–water partition coefficient (Wildman–Crippen LogP) is 2.76. The van der Waals surface area contributed by atoms with E-state index in [1.54, 1.807) is 0 Å². The van der Waals surface area contributed by atoms with Crippen LogP contribution >= 0.6 is 0 Å². The first-order valence-electron chi connectivity index (χ1n) is 9.54. The van der Waals surface area contributed by atoms with Crippen molar-refractivity contribution in [2.45, 2.75) is 77.4 Å². The molecule has 24 heavy (non-hydrogen) atoms. The van der Waals surface area contributed by atoms with E-state index in [-0.39, 0.29) is 11.3 Å². The van der Waals surface area contributed by atoms with Gasteiger partial charge < -0.3 is 9.80 Å². The highest BCUT2D eigenvalue weighted by atomic mass is 16.2. The molecule has 1 aromatic rings. The van der Waals surface area contributed by atoms with Gasteiger partial charge in [-0.1, -0.05) is 26.7 Å². The topological polar surface area (TPSA) is 52.2 Å². The van der Waals surface area contributed by atoms with Crippen LogP contribution in [-0.4, -0.2) is 57.6 Å². The molecule has 2 saturated heterocycles. The van der Waals surface area contributed by atoms with Crippen LogP contribution in [0.4, 0.5) is 0 Å². The van der Waals surface area contributed by atoms with Gasteiger partial charge in [-0.2, -0.15) is 5.10 Å². The number of hydrogen-bond acceptors (Lipinski definition) is 3. The van der Waals surface area contributed by atoms with Crippen molar-refractivity contribution >= 4 is 5.91 Å². The maximum atomic E-state index is 13.4. The Hall–Kier alpha value is -1.36. The highest BCUT2D eigenvalue weighted by molar-refractivity contribution is 5.94. The van der Waals surface area contributed by atoms with E-state index in [2.05, 4.69) is 40.9 Å². The number of amides is 1. The van der Waals surface area contributed by atoms with Gasteiger partial charge in [-0.05, 0) is 39.7 Å². The maximum absolute atomic E-state index is 13.4. The average Bonchev–Trinajstić information content (AvgIpc) is 2.96. The lowest BCUT2D eigenvalue weighted by molar-refractivity contribution is 0.0576. The number of hydrogen-bond donors (Lipinski definition) is 1. The van der Waals surface area contributed by atoms with E-state index in [4.69, 9.17) is 0 Å². The van der Waals surface area contributed by atoms with Crippen molar-refractivity contribution in [1.29, 1.82) is 0 Å². The summed E-state index contributed by atoms with van der Waals surface area (Å²) in [5.74, 6) is 0.151. The highest BCUT2D eigenvalue weighted by Gasteiger charge is 2.59. The Kier molecular flexibility index (Phi) is 3.75. The molecule has 3 fully saturated rings. The van der Waals surface area contributed by atoms with Gasteiger partial charge in [0.2, 0.25) is 0 Å². The molecule has 4 rings (SSSR count). The minimum atomic E-state index is 0.151. The van der Waals surface area contributed by atoms with E-state index in [9.17, 15) is 4.79 Å². The van der Waals surface area contributed by atoms with Crippen LogP contribution in [0.1, 0.15) is 67.7 Å². The van der Waals surface area contributed by atoms with Crippen molar-refractivity contribution in [2.24, 2.45) is 5.41 Å². The van der Waals surface area contributed by atoms with Crippen LogP contribution in [0.15, 0.2) is 0 Å². The summed E-state index contributed by atoms with van der Waals surface area (Å²) in [6.45, 7) is 7.57. The molecule has 5 nitrogen and oxygen atoms in total. The van der Waals surface area contributed by atoms with Crippen molar-refractivity contribution in [2.75, 3.05) is 13.6 Å². The minimum absolute atomic E-state index is 0.151. The van der Waals surface area contributed by atoms with E-state index in [1.807, 2.05) is 6.92 Å². The Bertz CT molecular complexity index is 654. The third-order valence-corrected chi connectivity index (χ3v) is 7.06. The number of likely N-dealkylation sites (N-methyl/N-ethyl adjacent to an activating group) is 1. The largest absolute Gasteiger partial charge is 0.329 e. The summed E-state index contributed by atoms with van der Waals surface area (Å²) in [4.78, 5) is 18.2. The van der Waals surface area contributed by atoms with Crippen LogP contribution < -0.4 is 0 Å². The zero-order valence-electron chi connectivity index (χ0n) is 15.4. The molecular weight excluding hydrogens is 300 g/mol. The number of nitrogens with one attached hydrogen (secondary N) is 1. The van der Waals surface area contributed by atoms with Crippen molar-refractivity contribution < 1.29 is 4.79 Å². The summed E-state index contributed by atoms with van der Waals surface area (Å²) < 4.78 is 0. The zero-order valence-corrected chi connectivity index (χ0v) is 15.4. The lowest BCUT2D eigenvalue weighted by Gasteiger charge is -2.44. The first kappa shape index (κ1) is 16.1. The number of aromatic amines is 1. The number of aryl methyl sites for hydroxylation is 1. The lowest BCUT2D eigenvalue weighted by Crippen LogP contribution is -2.51. The van der Waals surface area contributed by atoms with Crippen LogP contribution in [0, 0.1) is 12.3 Å². The summed E-state index contributed by atoms with van der Waals surface area (Å²) in [6, 6.07) is 1.33. The smallest absolute Gasteiger partial charge is 0.275 e. The number of rotatable bonds is 2. The normalized spacial score (nSPS) is 36.0. The SMILES string of the molecule is CCc1[nH]nc(C(=O)N2[C@@H]3CN(C)[C@@H]4CCCC[C@H]2[C@]4(C)C3)c1C. The second-order valence-corrected chi connectivity index (χ2v) is 8.36. The van der Waals surface area contributed by atoms with Gasteiger partial charge in [0.05, 0.1) is 0 Å². The molecule has 0 unspecified atom stereocenters. The van der Waals surface area contributed by atoms with E-state index in [0.717, 1.165) is 37.1 Å². The van der Waals surface area contributed by atoms with Gasteiger partial charge in [0.15, 0.2) is 5.69 Å². The number of carbonyl (C=O) groups is 1. The Morgan fingerprint density at radius 2 is 2.04 bits per heavy atom. The summed E-state index contributed by atoms with van der Waals surface area (Å²) in [7, 11) is 2.25. The molecule has 3 aliphatic rings. The second-order valence-electron chi connectivity index (χ2n) is 8.36. The number of nitrogens with zero attached hydrogens (tertiary/aromatic N) is 3. The predicted molar refractivity (Wildman–Crippen MR) is 94.1 cm³/mol. The Balaban J connectivity index is 1.72. The number of fused-ring (bicyclic) bond motifs is 1. The van der Waals surface area contributed by atoms with Gasteiger partial charge in [0, 0.05) is 41.3 Å². The van der Waals surface area contributed by atoms with Crippen molar-refractivity contribution in [3.8, 4) is 0 Å². The molecule has 1 aliphatic carbocycles. The number of piperidine rings is 1. The second kappa shape index (κ2) is 5.58. The number of carbonyl (C=O) groups excluding carboxylic acids is 1. The summed E-state index contributed by atoms with van der Waals surface area (Å²) in [6.07, 6.45) is 6.99. The molecule has 0 aromatic carbocycles. The molecule has 0 spiro atoms. The fourth-order valence-electron chi connectivity index (χ4n) is 5.90. The highest BCUT2D eigenvalue weighted by Crippen LogP contribution is 2.53. The monoisotopic (exact) mass is 330 g/mol. The van der Waals surface area contributed by atoms with Gasteiger partial charge in [-0.25, -0.2) is 0 Å². The third kappa shape index (κ3) is 2.10. The van der Waals surface area contributed by atoms with Crippen molar-refractivity contribution in [3.63, 3.8) is 0 Å². The number of aromatic nitrogens is 2. The first-order chi connectivity index (χ1) is 11.5. The van der Waals surface area contributed by atoms with E-state index in [1.165, 1.54) is 19.3 Å². The van der Waals surface area contributed by atoms with Crippen LogP contribution in [0.2, 0.25) is 0 Å². The van der Waals surface area contributed by atoms with Crippen LogP contribution in [0.5, 0.6) is 0 Å². The standard InChI is InChI=1S/C19H30N4O/c1-5-14-12(2)17(21-20-14)18(24)23-13-10-19(3)15(22(4)11-13)8-6-7-9-16(19)23/h13,15-16H,5-11H2,1-4H3,(H,20,21)/t13-,15+,16-,19+/m0/s1. The summed E-state index contributed by atoms with van der Waals surface area (Å²) in [5, 5.41) is 7.45. The van der Waals surface area contributed by atoms with Gasteiger partial charge in [0.25, 0.3) is 5.91 Å². The molecule has 2 aliphatic heterocycles. The molecule has 132 valence electrons. The first-order valence-corrected chi connectivity index (χ1v) is 9.54. The Morgan fingerprint density at radius 1 is 1.33 bits per heavy atom. The molecule has 2 bridgehead atoms. The summed E-state index contributed by atoms with van der Waals surface area (Å²) in [5.41, 5.74) is 3.00. The number of H-pyrrole nitrogens is 1. The molecule has 1 N–H and O–H groups in total. The molecular formula is C19H30N4O. The van der Waals surface area contributed by atoms with Gasteiger partial charge in [-0.3, -0.25) is 9.89 Å². The molecule has 5 heteroatoms. The Morgan fingerprint density at radius 3 is 2.71 bits per heavy atom. The van der Waals surface area contributed by atoms with Crippen LogP contribution in [0.25, 0.3) is 0 Å². The molecule has 1 amide bonds. The number of likely N-dealkylation sites (tertiary alicyclic amines) is 2. The molecule has 0 radical (unpaired) electrons. The molecule has 1 saturated carbocycles. The maximum Gasteiger partial charge on any atom is 0.275 e. The third-order valence-electron chi connectivity index (χ3n) is 7.06. The van der Waals surface area contributed by atoms with E-state index < -0.39 is 0 Å². The fourth-order valence-corrected chi connectivity index (χ4v) is 5.90. The zero-order chi connectivity index (χ0) is 17.1. The van der Waals surface area contributed by atoms with Gasteiger partial charge in [-0.15, -0.1) is 0 Å². The van der Waals surface area contributed by atoms with E-state index >= 15 is 0 Å². The molecule has 1 aromatic heterocycles. The van der Waals surface area contributed by atoms with Crippen LogP contribution in [0.3, 0.4) is 0 Å². The van der Waals surface area contributed by atoms with Crippen LogP contribution in [-0.2, 0) is 6.42 Å². The van der Waals surface area contributed by atoms with Crippen molar-refractivity contribution in [3.05, 3.63) is 17.0 Å². The lowest BCUT2D eigenvalue weighted by atomic mass is 9.71. The molecule has 4 atom stereocenters. The van der Waals surface area contributed by atoms with Crippen molar-refractivity contribution in [1.82, 2.24) is 20.0 Å². The minimum Gasteiger partial charge on any atom is -0.329 e. The van der Waals surface area contributed by atoms with Gasteiger partial charge in [0.1, 0.15) is 0 Å². The van der Waals surface area contributed by atoms with Gasteiger partial charge >= 0.3 is 0 Å². The molecule has 3 heterocycles. The fraction of sp³-hybridized carbons (Fsp3) is 0.789. The summed E-state index contributed by atoms with van der Waals surface area (Å²) >= 11 is 0. The Labute approximate surface area is 144 Å².